The SMILES string of the molecule is NC(=O)C(=O)N/N=C\c1ccc(Nc2ccccc2)cc1. The van der Waals surface area contributed by atoms with E-state index in [-0.39, 0.29) is 0 Å². The van der Waals surface area contributed by atoms with E-state index in [1.54, 1.807) is 0 Å². The number of carbonyl (C=O) groups is 2. The zero-order valence-corrected chi connectivity index (χ0v) is 11.1. The van der Waals surface area contributed by atoms with E-state index in [9.17, 15) is 9.59 Å². The fourth-order valence-corrected chi connectivity index (χ4v) is 1.56. The number of hydrogen-bond acceptors (Lipinski definition) is 4. The Morgan fingerprint density at radius 2 is 1.57 bits per heavy atom. The maximum absolute atomic E-state index is 10.9. The summed E-state index contributed by atoms with van der Waals surface area (Å²) in [4.78, 5) is 21.4. The Morgan fingerprint density at radius 1 is 0.952 bits per heavy atom. The molecule has 0 radical (unpaired) electrons. The molecule has 0 unspecified atom stereocenters. The molecule has 0 aliphatic carbocycles. The van der Waals surface area contributed by atoms with Crippen molar-refractivity contribution >= 4 is 29.4 Å². The molecule has 0 saturated heterocycles. The second kappa shape index (κ2) is 6.85. The highest BCUT2D eigenvalue weighted by Gasteiger charge is 2.05. The Hall–Kier alpha value is -3.15. The van der Waals surface area contributed by atoms with Gasteiger partial charge in [-0.1, -0.05) is 30.3 Å². The first kappa shape index (κ1) is 14.3. The van der Waals surface area contributed by atoms with Gasteiger partial charge >= 0.3 is 11.8 Å². The lowest BCUT2D eigenvalue weighted by Gasteiger charge is -2.06. The molecule has 2 aromatic rings. The van der Waals surface area contributed by atoms with E-state index in [2.05, 4.69) is 10.4 Å². The first-order valence-electron chi connectivity index (χ1n) is 6.20. The molecule has 21 heavy (non-hydrogen) atoms. The molecule has 2 amide bonds. The minimum Gasteiger partial charge on any atom is -0.361 e. The molecule has 106 valence electrons. The van der Waals surface area contributed by atoms with Crippen LogP contribution in [0.2, 0.25) is 0 Å². The van der Waals surface area contributed by atoms with Gasteiger partial charge in [0.15, 0.2) is 0 Å². The first-order chi connectivity index (χ1) is 10.1. The van der Waals surface area contributed by atoms with Gasteiger partial charge in [-0.15, -0.1) is 0 Å². The van der Waals surface area contributed by atoms with Gasteiger partial charge in [0.1, 0.15) is 0 Å². The van der Waals surface area contributed by atoms with Crippen LogP contribution in [0, 0.1) is 0 Å². The van der Waals surface area contributed by atoms with Gasteiger partial charge < -0.3 is 11.1 Å². The third-order valence-corrected chi connectivity index (χ3v) is 2.58. The van der Waals surface area contributed by atoms with Crippen molar-refractivity contribution in [2.24, 2.45) is 10.8 Å². The molecule has 6 nitrogen and oxygen atoms in total. The van der Waals surface area contributed by atoms with Gasteiger partial charge in [-0.2, -0.15) is 5.10 Å². The van der Waals surface area contributed by atoms with Gasteiger partial charge in [0, 0.05) is 11.4 Å². The van der Waals surface area contributed by atoms with Crippen molar-refractivity contribution in [3.63, 3.8) is 0 Å². The van der Waals surface area contributed by atoms with E-state index >= 15 is 0 Å². The summed E-state index contributed by atoms with van der Waals surface area (Å²) in [6.45, 7) is 0. The minimum absolute atomic E-state index is 0.776. The van der Waals surface area contributed by atoms with Gasteiger partial charge in [-0.3, -0.25) is 9.59 Å². The smallest absolute Gasteiger partial charge is 0.329 e. The van der Waals surface area contributed by atoms with Crippen LogP contribution in [-0.4, -0.2) is 18.0 Å². The molecule has 0 aliphatic heterocycles. The zero-order chi connectivity index (χ0) is 15.1. The number of benzene rings is 2. The molecule has 0 aliphatic rings. The summed E-state index contributed by atoms with van der Waals surface area (Å²) < 4.78 is 0. The maximum atomic E-state index is 10.9. The topological polar surface area (TPSA) is 96.6 Å². The molecule has 0 heterocycles. The number of carbonyl (C=O) groups excluding carboxylic acids is 2. The summed E-state index contributed by atoms with van der Waals surface area (Å²) in [6, 6.07) is 17.2. The fraction of sp³-hybridized carbons (Fsp3) is 0. The van der Waals surface area contributed by atoms with Crippen LogP contribution in [0.15, 0.2) is 59.7 Å². The number of nitrogens with two attached hydrogens (primary N) is 1. The van der Waals surface area contributed by atoms with Crippen LogP contribution < -0.4 is 16.5 Å². The summed E-state index contributed by atoms with van der Waals surface area (Å²) in [6.07, 6.45) is 1.42. The molecular formula is C15H14N4O2. The van der Waals surface area contributed by atoms with Gasteiger partial charge in [-0.05, 0) is 29.8 Å². The minimum atomic E-state index is -1.07. The highest BCUT2D eigenvalue weighted by molar-refractivity contribution is 6.34. The van der Waals surface area contributed by atoms with Gasteiger partial charge in [0.05, 0.1) is 6.21 Å². The Balaban J connectivity index is 1.94. The summed E-state index contributed by atoms with van der Waals surface area (Å²) in [5.74, 6) is -2.02. The quantitative estimate of drug-likeness (QED) is 0.449. The standard InChI is InChI=1S/C15H14N4O2/c16-14(20)15(21)19-17-10-11-6-8-13(9-7-11)18-12-4-2-1-3-5-12/h1-10,18H,(H2,16,20)(H,19,21)/b17-10-. The monoisotopic (exact) mass is 282 g/mol. The van der Waals surface area contributed by atoms with E-state index in [1.165, 1.54) is 6.21 Å². The molecule has 0 atom stereocenters. The summed E-state index contributed by atoms with van der Waals surface area (Å²) in [7, 11) is 0. The number of nitrogens with one attached hydrogen (secondary N) is 2. The van der Waals surface area contributed by atoms with Crippen molar-refractivity contribution < 1.29 is 9.59 Å². The number of primary amides is 1. The predicted octanol–water partition coefficient (Wildman–Crippen LogP) is 1.37. The highest BCUT2D eigenvalue weighted by atomic mass is 16.2. The van der Waals surface area contributed by atoms with E-state index in [0.29, 0.717) is 0 Å². The molecule has 6 heteroatoms. The molecule has 0 fully saturated rings. The molecule has 2 aromatic carbocycles. The van der Waals surface area contributed by atoms with Gasteiger partial charge in [0.25, 0.3) is 0 Å². The number of hydrogen-bond donors (Lipinski definition) is 3. The number of para-hydroxylation sites is 1. The lowest BCUT2D eigenvalue weighted by atomic mass is 10.2. The van der Waals surface area contributed by atoms with Crippen LogP contribution >= 0.6 is 0 Å². The average Bonchev–Trinajstić information content (AvgIpc) is 2.50. The number of hydrazone groups is 1. The number of rotatable bonds is 4. The van der Waals surface area contributed by atoms with Gasteiger partial charge in [0.2, 0.25) is 0 Å². The lowest BCUT2D eigenvalue weighted by molar-refractivity contribution is -0.137. The molecule has 0 aromatic heterocycles. The van der Waals surface area contributed by atoms with Crippen LogP contribution in [0.3, 0.4) is 0 Å². The van der Waals surface area contributed by atoms with E-state index in [4.69, 9.17) is 5.73 Å². The molecule has 4 N–H and O–H groups in total. The fourth-order valence-electron chi connectivity index (χ4n) is 1.56. The average molecular weight is 282 g/mol. The van der Waals surface area contributed by atoms with Crippen LogP contribution in [0.4, 0.5) is 11.4 Å². The number of amides is 2. The summed E-state index contributed by atoms with van der Waals surface area (Å²) in [5.41, 5.74) is 9.50. The highest BCUT2D eigenvalue weighted by Crippen LogP contribution is 2.15. The second-order valence-electron chi connectivity index (χ2n) is 4.18. The lowest BCUT2D eigenvalue weighted by Crippen LogP contribution is -2.32. The van der Waals surface area contributed by atoms with Crippen LogP contribution in [0.1, 0.15) is 5.56 Å². The molecular weight excluding hydrogens is 268 g/mol. The van der Waals surface area contributed by atoms with E-state index < -0.39 is 11.8 Å². The Bertz CT molecular complexity index is 651. The summed E-state index contributed by atoms with van der Waals surface area (Å²) >= 11 is 0. The first-order valence-corrected chi connectivity index (χ1v) is 6.20. The largest absolute Gasteiger partial charge is 0.361 e. The van der Waals surface area contributed by atoms with Crippen molar-refractivity contribution in [2.75, 3.05) is 5.32 Å². The number of anilines is 2. The zero-order valence-electron chi connectivity index (χ0n) is 11.1. The summed E-state index contributed by atoms with van der Waals surface area (Å²) in [5, 5.41) is 6.88. The van der Waals surface area contributed by atoms with E-state index in [1.807, 2.05) is 60.0 Å². The third kappa shape index (κ3) is 4.46. The third-order valence-electron chi connectivity index (χ3n) is 2.58. The van der Waals surface area contributed by atoms with Crippen molar-refractivity contribution in [1.29, 1.82) is 0 Å². The number of nitrogens with zero attached hydrogens (tertiary/aromatic N) is 1. The van der Waals surface area contributed by atoms with Crippen molar-refractivity contribution in [3.8, 4) is 0 Å². The normalized spacial score (nSPS) is 10.3. The Labute approximate surface area is 121 Å². The van der Waals surface area contributed by atoms with Crippen molar-refractivity contribution in [3.05, 3.63) is 60.2 Å². The van der Waals surface area contributed by atoms with Crippen LogP contribution in [0.25, 0.3) is 0 Å². The van der Waals surface area contributed by atoms with Crippen LogP contribution in [0.5, 0.6) is 0 Å². The van der Waals surface area contributed by atoms with Crippen molar-refractivity contribution in [1.82, 2.24) is 5.43 Å². The Morgan fingerprint density at radius 3 is 2.19 bits per heavy atom. The Kier molecular flexibility index (Phi) is 4.66. The van der Waals surface area contributed by atoms with Crippen molar-refractivity contribution in [2.45, 2.75) is 0 Å². The molecule has 0 bridgehead atoms. The predicted molar refractivity (Wildman–Crippen MR) is 81.1 cm³/mol. The van der Waals surface area contributed by atoms with Gasteiger partial charge in [-0.25, -0.2) is 5.43 Å². The van der Waals surface area contributed by atoms with Crippen LogP contribution in [-0.2, 0) is 9.59 Å². The van der Waals surface area contributed by atoms with E-state index in [0.717, 1.165) is 16.9 Å². The molecule has 0 spiro atoms. The molecule has 0 saturated carbocycles. The molecule has 2 rings (SSSR count). The second-order valence-corrected chi connectivity index (χ2v) is 4.18. The maximum Gasteiger partial charge on any atom is 0.329 e.